The van der Waals surface area contributed by atoms with Gasteiger partial charge >= 0.3 is 7.12 Å². The van der Waals surface area contributed by atoms with Crippen LogP contribution in [-0.2, 0) is 9.31 Å². The first-order valence-electron chi connectivity index (χ1n) is 17.7. The van der Waals surface area contributed by atoms with E-state index in [1.54, 1.807) is 0 Å². The molecule has 0 N–H and O–H groups in total. The normalized spacial score (nSPS) is 15.5. The molecule has 2 aromatic heterocycles. The third-order valence-corrected chi connectivity index (χ3v) is 14.3. The molecule has 8 aromatic carbocycles. The quantitative estimate of drug-likeness (QED) is 0.122. The molecule has 3 heterocycles. The summed E-state index contributed by atoms with van der Waals surface area (Å²) in [6.07, 6.45) is 0. The topological polar surface area (TPSA) is 18.5 Å². The standard InChI is InChI=1S/C26H23BO2S.C20H11BrS/c1-25(2)26(3,4)29-27(28-25)21-15-20-18-11-7-8-12-22(18)30-24(20)23-17-10-6-5-9-16(17)13-14-19(21)23;21-17-11-16-14-7-3-4-8-18(14)22-20(16)19-13-6-2-1-5-12(13)9-10-15(17)19/h5-15H,1-4H3;1-11H. The van der Waals surface area contributed by atoms with Gasteiger partial charge in [0.1, 0.15) is 0 Å². The fraction of sp³-hybridized carbons (Fsp3) is 0.130. The van der Waals surface area contributed by atoms with E-state index in [0.717, 1.165) is 5.46 Å². The minimum Gasteiger partial charge on any atom is -0.399 e. The molecule has 10 aromatic rings. The molecule has 0 aliphatic carbocycles. The van der Waals surface area contributed by atoms with Gasteiger partial charge in [0.25, 0.3) is 0 Å². The van der Waals surface area contributed by atoms with Gasteiger partial charge in [-0.25, -0.2) is 0 Å². The van der Waals surface area contributed by atoms with Crippen molar-refractivity contribution in [3.05, 3.63) is 138 Å². The highest BCUT2D eigenvalue weighted by molar-refractivity contribution is 9.10. The first-order valence-corrected chi connectivity index (χ1v) is 20.1. The molecule has 1 aliphatic heterocycles. The zero-order chi connectivity index (χ0) is 35.4. The molecule has 0 radical (unpaired) electrons. The SMILES string of the molecule is Brc1cc2c3ccccc3sc2c2c1ccc1ccccc12.CC1(C)OB(c2cc3c4ccccc4sc3c3c2ccc2ccccc23)OC1(C)C. The summed E-state index contributed by atoms with van der Waals surface area (Å²) in [5.41, 5.74) is 0.379. The number of benzene rings is 8. The average molecular weight is 774 g/mol. The molecule has 1 aliphatic rings. The number of halogens is 1. The molecule has 52 heavy (non-hydrogen) atoms. The summed E-state index contributed by atoms with van der Waals surface area (Å²) in [6, 6.07) is 48.1. The second-order valence-electron chi connectivity index (χ2n) is 14.8. The minimum atomic E-state index is -0.387. The lowest BCUT2D eigenvalue weighted by molar-refractivity contribution is 0.00578. The van der Waals surface area contributed by atoms with Gasteiger partial charge in [-0.3, -0.25) is 0 Å². The van der Waals surface area contributed by atoms with Gasteiger partial charge in [0.15, 0.2) is 0 Å². The Morgan fingerprint density at radius 3 is 1.46 bits per heavy atom. The van der Waals surface area contributed by atoms with Crippen LogP contribution in [0, 0.1) is 0 Å². The molecule has 2 nitrogen and oxygen atoms in total. The van der Waals surface area contributed by atoms with Crippen LogP contribution in [-0.4, -0.2) is 18.3 Å². The van der Waals surface area contributed by atoms with E-state index in [1.807, 2.05) is 22.7 Å². The van der Waals surface area contributed by atoms with E-state index in [2.05, 4.69) is 177 Å². The number of hydrogen-bond acceptors (Lipinski definition) is 4. The summed E-state index contributed by atoms with van der Waals surface area (Å²) in [5, 5.41) is 15.6. The fourth-order valence-corrected chi connectivity index (χ4v) is 10.9. The van der Waals surface area contributed by atoms with Crippen LogP contribution in [0.25, 0.3) is 83.4 Å². The molecule has 252 valence electrons. The van der Waals surface area contributed by atoms with Crippen LogP contribution in [0.5, 0.6) is 0 Å². The Balaban J connectivity index is 0.000000136. The Hall–Kier alpha value is -4.30. The van der Waals surface area contributed by atoms with E-state index >= 15 is 0 Å². The third-order valence-electron chi connectivity index (χ3n) is 11.2. The maximum Gasteiger partial charge on any atom is 0.495 e. The van der Waals surface area contributed by atoms with E-state index < -0.39 is 0 Å². The van der Waals surface area contributed by atoms with Crippen molar-refractivity contribution < 1.29 is 9.31 Å². The van der Waals surface area contributed by atoms with Crippen LogP contribution in [0.4, 0.5) is 0 Å². The molecule has 6 heteroatoms. The highest BCUT2D eigenvalue weighted by Crippen LogP contribution is 2.45. The molecule has 1 fully saturated rings. The fourth-order valence-electron chi connectivity index (χ4n) is 7.86. The molecule has 0 saturated carbocycles. The van der Waals surface area contributed by atoms with Crippen LogP contribution < -0.4 is 5.46 Å². The molecule has 0 amide bonds. The van der Waals surface area contributed by atoms with Crippen molar-refractivity contribution in [1.29, 1.82) is 0 Å². The highest BCUT2D eigenvalue weighted by atomic mass is 79.9. The molecule has 1 saturated heterocycles. The van der Waals surface area contributed by atoms with Gasteiger partial charge < -0.3 is 9.31 Å². The van der Waals surface area contributed by atoms with Crippen molar-refractivity contribution in [2.24, 2.45) is 0 Å². The van der Waals surface area contributed by atoms with Crippen molar-refractivity contribution in [1.82, 2.24) is 0 Å². The van der Waals surface area contributed by atoms with Crippen LogP contribution >= 0.6 is 38.6 Å². The van der Waals surface area contributed by atoms with Gasteiger partial charge in [0, 0.05) is 55.6 Å². The molecule has 0 spiro atoms. The van der Waals surface area contributed by atoms with E-state index in [-0.39, 0.29) is 18.3 Å². The van der Waals surface area contributed by atoms with Crippen LogP contribution in [0.3, 0.4) is 0 Å². The van der Waals surface area contributed by atoms with Crippen molar-refractivity contribution in [2.45, 2.75) is 38.9 Å². The molecular weight excluding hydrogens is 739 g/mol. The van der Waals surface area contributed by atoms with Crippen molar-refractivity contribution >= 4 is 135 Å². The van der Waals surface area contributed by atoms with Crippen LogP contribution in [0.2, 0.25) is 0 Å². The monoisotopic (exact) mass is 772 g/mol. The largest absolute Gasteiger partial charge is 0.495 e. The van der Waals surface area contributed by atoms with Gasteiger partial charge in [-0.1, -0.05) is 131 Å². The zero-order valence-corrected chi connectivity index (χ0v) is 32.5. The summed E-state index contributed by atoms with van der Waals surface area (Å²) < 4.78 is 19.5. The van der Waals surface area contributed by atoms with Crippen LogP contribution in [0.1, 0.15) is 27.7 Å². The Kier molecular flexibility index (Phi) is 7.38. The number of hydrogen-bond donors (Lipinski definition) is 0. The summed E-state index contributed by atoms with van der Waals surface area (Å²) >= 11 is 7.55. The zero-order valence-electron chi connectivity index (χ0n) is 29.3. The van der Waals surface area contributed by atoms with Gasteiger partial charge in [-0.15, -0.1) is 22.7 Å². The predicted molar refractivity (Wildman–Crippen MR) is 232 cm³/mol. The van der Waals surface area contributed by atoms with Gasteiger partial charge in [0.2, 0.25) is 0 Å². The van der Waals surface area contributed by atoms with Crippen molar-refractivity contribution in [3.8, 4) is 0 Å². The number of thiophene rings is 2. The second kappa shape index (κ2) is 11.9. The van der Waals surface area contributed by atoms with E-state index in [0.29, 0.717) is 0 Å². The second-order valence-corrected chi connectivity index (χ2v) is 17.7. The average Bonchev–Trinajstić information content (AvgIpc) is 3.79. The van der Waals surface area contributed by atoms with Crippen LogP contribution in [0.15, 0.2) is 138 Å². The molecule has 11 rings (SSSR count). The van der Waals surface area contributed by atoms with Gasteiger partial charge in [0.05, 0.1) is 11.2 Å². The molecule has 0 atom stereocenters. The Morgan fingerprint density at radius 1 is 0.462 bits per heavy atom. The Labute approximate surface area is 318 Å². The molecule has 0 bridgehead atoms. The molecule has 0 unspecified atom stereocenters. The third kappa shape index (κ3) is 4.89. The maximum atomic E-state index is 6.49. The number of rotatable bonds is 1. The maximum absolute atomic E-state index is 6.49. The summed E-state index contributed by atoms with van der Waals surface area (Å²) in [4.78, 5) is 0. The predicted octanol–water partition coefficient (Wildman–Crippen LogP) is 13.8. The lowest BCUT2D eigenvalue weighted by atomic mass is 9.75. The van der Waals surface area contributed by atoms with E-state index in [4.69, 9.17) is 9.31 Å². The molecular formula is C46H34BBrO2S2. The Bertz CT molecular complexity index is 3050. The summed E-state index contributed by atoms with van der Waals surface area (Å²) in [6.45, 7) is 8.46. The minimum absolute atomic E-state index is 0.369. The van der Waals surface area contributed by atoms with Gasteiger partial charge in [-0.05, 0) is 83.7 Å². The summed E-state index contributed by atoms with van der Waals surface area (Å²) in [7, 11) is -0.387. The van der Waals surface area contributed by atoms with E-state index in [9.17, 15) is 0 Å². The van der Waals surface area contributed by atoms with E-state index in [1.165, 1.54) is 87.9 Å². The summed E-state index contributed by atoms with van der Waals surface area (Å²) in [5.74, 6) is 0. The smallest absolute Gasteiger partial charge is 0.399 e. The lowest BCUT2D eigenvalue weighted by Gasteiger charge is -2.32. The highest BCUT2D eigenvalue weighted by Gasteiger charge is 2.52. The van der Waals surface area contributed by atoms with Crippen molar-refractivity contribution in [3.63, 3.8) is 0 Å². The van der Waals surface area contributed by atoms with Gasteiger partial charge in [-0.2, -0.15) is 0 Å². The first kappa shape index (κ1) is 32.4. The number of fused-ring (bicyclic) bond motifs is 14. The Morgan fingerprint density at radius 2 is 0.904 bits per heavy atom. The first-order chi connectivity index (χ1) is 25.2. The van der Waals surface area contributed by atoms with Crippen molar-refractivity contribution in [2.75, 3.05) is 0 Å². The lowest BCUT2D eigenvalue weighted by Crippen LogP contribution is -2.41.